The van der Waals surface area contributed by atoms with Crippen LogP contribution < -0.4 is 10.5 Å². The van der Waals surface area contributed by atoms with Crippen LogP contribution >= 0.6 is 0 Å². The van der Waals surface area contributed by atoms with E-state index in [1.807, 2.05) is 0 Å². The predicted octanol–water partition coefficient (Wildman–Crippen LogP) is 3.02. The van der Waals surface area contributed by atoms with Crippen molar-refractivity contribution in [1.29, 1.82) is 0 Å². The summed E-state index contributed by atoms with van der Waals surface area (Å²) in [6, 6.07) is 1.76. The Labute approximate surface area is 99.8 Å². The lowest BCUT2D eigenvalue weighted by atomic mass is 9.97. The Morgan fingerprint density at radius 3 is 2.18 bits per heavy atom. The fourth-order valence-corrected chi connectivity index (χ4v) is 2.32. The number of rotatable bonds is 3. The largest absolute Gasteiger partial charge is 0.497 e. The minimum atomic E-state index is -0.628. The van der Waals surface area contributed by atoms with Crippen LogP contribution in [0.4, 0.5) is 8.78 Å². The highest BCUT2D eigenvalue weighted by Gasteiger charge is 2.50. The Morgan fingerprint density at radius 2 is 1.82 bits per heavy atom. The van der Waals surface area contributed by atoms with Crippen molar-refractivity contribution in [3.05, 3.63) is 29.3 Å². The van der Waals surface area contributed by atoms with E-state index in [4.69, 9.17) is 10.5 Å². The zero-order chi connectivity index (χ0) is 12.8. The summed E-state index contributed by atoms with van der Waals surface area (Å²) in [4.78, 5) is 0. The van der Waals surface area contributed by atoms with Crippen LogP contribution in [0.1, 0.15) is 31.9 Å². The minimum absolute atomic E-state index is 0.0265. The molecule has 17 heavy (non-hydrogen) atoms. The van der Waals surface area contributed by atoms with Crippen molar-refractivity contribution >= 4 is 0 Å². The number of ether oxygens (including phenoxy) is 1. The molecule has 0 heterocycles. The quantitative estimate of drug-likeness (QED) is 0.882. The van der Waals surface area contributed by atoms with Gasteiger partial charge in [0.1, 0.15) is 17.4 Å². The first-order valence-corrected chi connectivity index (χ1v) is 5.65. The van der Waals surface area contributed by atoms with E-state index in [9.17, 15) is 8.78 Å². The second-order valence-corrected chi connectivity index (χ2v) is 5.33. The molecule has 2 rings (SSSR count). The highest BCUT2D eigenvalue weighted by atomic mass is 19.1. The van der Waals surface area contributed by atoms with E-state index >= 15 is 0 Å². The molecule has 2 unspecified atom stereocenters. The van der Waals surface area contributed by atoms with Gasteiger partial charge in [-0.25, -0.2) is 8.78 Å². The van der Waals surface area contributed by atoms with Crippen molar-refractivity contribution in [3.63, 3.8) is 0 Å². The zero-order valence-corrected chi connectivity index (χ0v) is 10.3. The van der Waals surface area contributed by atoms with Crippen molar-refractivity contribution in [2.75, 3.05) is 7.11 Å². The Morgan fingerprint density at radius 1 is 1.35 bits per heavy atom. The summed E-state index contributed by atoms with van der Waals surface area (Å²) in [5.74, 6) is -0.944. The number of halogens is 2. The minimum Gasteiger partial charge on any atom is -0.497 e. The number of benzene rings is 1. The van der Waals surface area contributed by atoms with Gasteiger partial charge in [0.05, 0.1) is 7.11 Å². The molecule has 4 heteroatoms. The molecule has 1 saturated carbocycles. The van der Waals surface area contributed by atoms with Gasteiger partial charge in [-0.2, -0.15) is 0 Å². The third-order valence-electron chi connectivity index (χ3n) is 3.64. The third kappa shape index (κ3) is 2.14. The first kappa shape index (κ1) is 12.3. The Kier molecular flexibility index (Phi) is 2.86. The second-order valence-electron chi connectivity index (χ2n) is 5.33. The lowest BCUT2D eigenvalue weighted by Crippen LogP contribution is -2.18. The van der Waals surface area contributed by atoms with Crippen LogP contribution in [0.15, 0.2) is 12.1 Å². The van der Waals surface area contributed by atoms with Crippen LogP contribution in [0, 0.1) is 23.0 Å². The van der Waals surface area contributed by atoms with E-state index < -0.39 is 17.7 Å². The van der Waals surface area contributed by atoms with Crippen molar-refractivity contribution in [3.8, 4) is 5.75 Å². The summed E-state index contributed by atoms with van der Waals surface area (Å²) in [7, 11) is 1.37. The highest BCUT2D eigenvalue weighted by molar-refractivity contribution is 5.33. The van der Waals surface area contributed by atoms with Crippen LogP contribution in [-0.4, -0.2) is 7.11 Å². The van der Waals surface area contributed by atoms with Gasteiger partial charge in [0.2, 0.25) is 0 Å². The Bertz CT molecular complexity index is 422. The average Bonchev–Trinajstić information content (AvgIpc) is 2.86. The standard InChI is InChI=1S/C13H17F2NO/c1-13(2)6-8(13)12(16)11-9(14)4-7(17-3)5-10(11)15/h4-5,8,12H,6,16H2,1-3H3. The van der Waals surface area contributed by atoms with Crippen LogP contribution in [-0.2, 0) is 0 Å². The molecule has 0 saturated heterocycles. The van der Waals surface area contributed by atoms with Gasteiger partial charge in [0.15, 0.2) is 0 Å². The van der Waals surface area contributed by atoms with Gasteiger partial charge in [-0.3, -0.25) is 0 Å². The van der Waals surface area contributed by atoms with Gasteiger partial charge in [-0.05, 0) is 17.8 Å². The summed E-state index contributed by atoms with van der Waals surface area (Å²) >= 11 is 0. The van der Waals surface area contributed by atoms with E-state index in [0.717, 1.165) is 6.42 Å². The monoisotopic (exact) mass is 241 g/mol. The van der Waals surface area contributed by atoms with Gasteiger partial charge in [-0.1, -0.05) is 13.8 Å². The molecule has 1 aliphatic rings. The van der Waals surface area contributed by atoms with Crippen LogP contribution in [0.5, 0.6) is 5.75 Å². The van der Waals surface area contributed by atoms with E-state index in [0.29, 0.717) is 0 Å². The van der Waals surface area contributed by atoms with E-state index in [1.54, 1.807) is 0 Å². The molecule has 1 fully saturated rings. The summed E-state index contributed by atoms with van der Waals surface area (Å²) in [6.07, 6.45) is 0.902. The fourth-order valence-electron chi connectivity index (χ4n) is 2.32. The molecular formula is C13H17F2NO. The van der Waals surface area contributed by atoms with Crippen molar-refractivity contribution in [2.24, 2.45) is 17.1 Å². The molecule has 1 aliphatic carbocycles. The Balaban J connectivity index is 2.33. The SMILES string of the molecule is COc1cc(F)c(C(N)C2CC2(C)C)c(F)c1. The van der Waals surface area contributed by atoms with E-state index in [2.05, 4.69) is 13.8 Å². The molecule has 2 nitrogen and oxygen atoms in total. The molecule has 94 valence electrons. The summed E-state index contributed by atoms with van der Waals surface area (Å²) in [5.41, 5.74) is 6.00. The zero-order valence-electron chi connectivity index (χ0n) is 10.3. The fraction of sp³-hybridized carbons (Fsp3) is 0.538. The molecule has 1 aromatic rings. The first-order valence-electron chi connectivity index (χ1n) is 5.65. The van der Waals surface area contributed by atoms with Crippen molar-refractivity contribution in [2.45, 2.75) is 26.3 Å². The third-order valence-corrected chi connectivity index (χ3v) is 3.64. The van der Waals surface area contributed by atoms with E-state index in [1.165, 1.54) is 19.2 Å². The topological polar surface area (TPSA) is 35.2 Å². The van der Waals surface area contributed by atoms with Gasteiger partial charge in [0, 0.05) is 23.7 Å². The predicted molar refractivity (Wildman–Crippen MR) is 61.7 cm³/mol. The maximum absolute atomic E-state index is 13.8. The number of hydrogen-bond donors (Lipinski definition) is 1. The van der Waals surface area contributed by atoms with Gasteiger partial charge in [-0.15, -0.1) is 0 Å². The van der Waals surface area contributed by atoms with Crippen LogP contribution in [0.25, 0.3) is 0 Å². The smallest absolute Gasteiger partial charge is 0.134 e. The lowest BCUT2D eigenvalue weighted by molar-refractivity contribution is 0.399. The van der Waals surface area contributed by atoms with Crippen LogP contribution in [0.3, 0.4) is 0 Å². The molecule has 0 amide bonds. The number of nitrogens with two attached hydrogens (primary N) is 1. The van der Waals surface area contributed by atoms with E-state index in [-0.39, 0.29) is 22.6 Å². The first-order chi connectivity index (χ1) is 7.86. The van der Waals surface area contributed by atoms with Gasteiger partial charge >= 0.3 is 0 Å². The molecule has 2 atom stereocenters. The van der Waals surface area contributed by atoms with Crippen molar-refractivity contribution in [1.82, 2.24) is 0 Å². The summed E-state index contributed by atoms with van der Waals surface area (Å²) in [6.45, 7) is 4.10. The van der Waals surface area contributed by atoms with Crippen LogP contribution in [0.2, 0.25) is 0 Å². The lowest BCUT2D eigenvalue weighted by Gasteiger charge is -2.16. The maximum atomic E-state index is 13.8. The number of hydrogen-bond acceptors (Lipinski definition) is 2. The highest BCUT2D eigenvalue weighted by Crippen LogP contribution is 2.57. The molecule has 0 radical (unpaired) electrons. The molecule has 2 N–H and O–H groups in total. The van der Waals surface area contributed by atoms with Crippen molar-refractivity contribution < 1.29 is 13.5 Å². The molecule has 0 bridgehead atoms. The Hall–Kier alpha value is -1.16. The summed E-state index contributed by atoms with van der Waals surface area (Å²) in [5, 5.41) is 0. The molecule has 1 aromatic carbocycles. The second kappa shape index (κ2) is 3.95. The number of methoxy groups -OCH3 is 1. The average molecular weight is 241 g/mol. The molecule has 0 aromatic heterocycles. The molecule has 0 spiro atoms. The maximum Gasteiger partial charge on any atom is 0.134 e. The molecule has 0 aliphatic heterocycles. The van der Waals surface area contributed by atoms with Gasteiger partial charge < -0.3 is 10.5 Å². The normalized spacial score (nSPS) is 23.3. The molecular weight excluding hydrogens is 224 g/mol. The van der Waals surface area contributed by atoms with Gasteiger partial charge in [0.25, 0.3) is 0 Å². The summed E-state index contributed by atoms with van der Waals surface area (Å²) < 4.78 is 32.4.